The normalized spacial score (nSPS) is 16.8. The Kier molecular flexibility index (Phi) is 7.29. The van der Waals surface area contributed by atoms with Crippen molar-refractivity contribution in [3.05, 3.63) is 95.1 Å². The number of amides is 1. The van der Waals surface area contributed by atoms with Crippen molar-refractivity contribution in [2.45, 2.75) is 19.5 Å². The number of aliphatic hydroxyl groups is 1. The van der Waals surface area contributed by atoms with Gasteiger partial charge in [0.1, 0.15) is 17.3 Å². The Morgan fingerprint density at radius 3 is 2.28 bits per heavy atom. The number of Topliss-reactive ketones (excluding diaryl/α,β-unsaturated/α-hetero) is 1. The van der Waals surface area contributed by atoms with Crippen molar-refractivity contribution < 1.29 is 24.2 Å². The van der Waals surface area contributed by atoms with Crippen LogP contribution in [0.3, 0.4) is 0 Å². The van der Waals surface area contributed by atoms with E-state index in [-0.39, 0.29) is 17.9 Å². The van der Waals surface area contributed by atoms with Crippen molar-refractivity contribution in [2.75, 3.05) is 32.7 Å². The predicted octanol–water partition coefficient (Wildman–Crippen LogP) is 4.78. The maximum absolute atomic E-state index is 13.3. The molecular weight excluding hydrogens is 456 g/mol. The molecule has 1 aliphatic rings. The quantitative estimate of drug-likeness (QED) is 0.280. The van der Waals surface area contributed by atoms with Crippen LogP contribution in [-0.4, -0.2) is 49.5 Å². The van der Waals surface area contributed by atoms with Crippen LogP contribution in [0.1, 0.15) is 29.7 Å². The van der Waals surface area contributed by atoms with Gasteiger partial charge in [0.2, 0.25) is 0 Å². The van der Waals surface area contributed by atoms with Gasteiger partial charge in [0.25, 0.3) is 11.7 Å². The third-order valence-corrected chi connectivity index (χ3v) is 6.19. The summed E-state index contributed by atoms with van der Waals surface area (Å²) in [6, 6.07) is 21.1. The van der Waals surface area contributed by atoms with Crippen molar-refractivity contribution in [2.24, 2.45) is 0 Å². The largest absolute Gasteiger partial charge is 0.507 e. The van der Waals surface area contributed by atoms with E-state index in [9.17, 15) is 14.7 Å². The number of ketones is 1. The lowest BCUT2D eigenvalue weighted by atomic mass is 9.95. The van der Waals surface area contributed by atoms with Gasteiger partial charge in [-0.2, -0.15) is 0 Å². The van der Waals surface area contributed by atoms with Gasteiger partial charge in [-0.3, -0.25) is 9.59 Å². The number of likely N-dealkylation sites (tertiary alicyclic amines) is 1. The number of hydrogen-bond donors (Lipinski definition) is 1. The summed E-state index contributed by atoms with van der Waals surface area (Å²) in [4.78, 5) is 30.1. The standard InChI is InChI=1S/C29H30N2O5/c1-5-36-24-8-6-7-19(17-24)18-31-26(20-9-13-22(14-10-20)30(2)3)25(28(33)29(31)34)27(32)21-11-15-23(35-4)16-12-21/h6-17,26,32H,5,18H2,1-4H3/b27-25-. The molecule has 0 aliphatic carbocycles. The molecule has 1 fully saturated rings. The van der Waals surface area contributed by atoms with Gasteiger partial charge in [-0.1, -0.05) is 24.3 Å². The fourth-order valence-electron chi connectivity index (χ4n) is 4.35. The third kappa shape index (κ3) is 4.91. The van der Waals surface area contributed by atoms with Crippen LogP contribution in [0.2, 0.25) is 0 Å². The van der Waals surface area contributed by atoms with Crippen molar-refractivity contribution in [3.8, 4) is 11.5 Å². The number of benzene rings is 3. The molecule has 1 amide bonds. The fraction of sp³-hybridized carbons (Fsp3) is 0.241. The summed E-state index contributed by atoms with van der Waals surface area (Å²) in [6.45, 7) is 2.61. The molecule has 0 radical (unpaired) electrons. The second-order valence-electron chi connectivity index (χ2n) is 8.72. The second kappa shape index (κ2) is 10.6. The van der Waals surface area contributed by atoms with Crippen LogP contribution in [0.25, 0.3) is 5.76 Å². The lowest BCUT2D eigenvalue weighted by Crippen LogP contribution is -2.29. The highest BCUT2D eigenvalue weighted by molar-refractivity contribution is 6.46. The van der Waals surface area contributed by atoms with Crippen LogP contribution >= 0.6 is 0 Å². The maximum atomic E-state index is 13.3. The molecule has 3 aromatic rings. The van der Waals surface area contributed by atoms with Crippen molar-refractivity contribution in [3.63, 3.8) is 0 Å². The molecule has 3 aromatic carbocycles. The molecule has 186 valence electrons. The summed E-state index contributed by atoms with van der Waals surface area (Å²) in [7, 11) is 5.44. The highest BCUT2D eigenvalue weighted by atomic mass is 16.5. The van der Waals surface area contributed by atoms with E-state index in [2.05, 4.69) is 0 Å². The average Bonchev–Trinajstić information content (AvgIpc) is 3.13. The summed E-state index contributed by atoms with van der Waals surface area (Å²) >= 11 is 0. The molecular formula is C29H30N2O5. The minimum absolute atomic E-state index is 0.0590. The van der Waals surface area contributed by atoms with Gasteiger partial charge in [0.15, 0.2) is 0 Å². The monoisotopic (exact) mass is 486 g/mol. The molecule has 1 aliphatic heterocycles. The number of carbonyl (C=O) groups is 2. The summed E-state index contributed by atoms with van der Waals surface area (Å²) in [5.41, 5.74) is 3.03. The first-order valence-corrected chi connectivity index (χ1v) is 11.8. The summed E-state index contributed by atoms with van der Waals surface area (Å²) in [6.07, 6.45) is 0. The first-order chi connectivity index (χ1) is 17.3. The smallest absolute Gasteiger partial charge is 0.295 e. The number of anilines is 1. The van der Waals surface area contributed by atoms with Gasteiger partial charge in [-0.25, -0.2) is 0 Å². The fourth-order valence-corrected chi connectivity index (χ4v) is 4.35. The topological polar surface area (TPSA) is 79.3 Å². The van der Waals surface area contributed by atoms with E-state index < -0.39 is 17.7 Å². The lowest BCUT2D eigenvalue weighted by molar-refractivity contribution is -0.140. The van der Waals surface area contributed by atoms with E-state index >= 15 is 0 Å². The van der Waals surface area contributed by atoms with Crippen LogP contribution < -0.4 is 14.4 Å². The highest BCUT2D eigenvalue weighted by Gasteiger charge is 2.46. The van der Waals surface area contributed by atoms with Crippen LogP contribution in [0, 0.1) is 0 Å². The van der Waals surface area contributed by atoms with Crippen LogP contribution in [0.4, 0.5) is 5.69 Å². The Morgan fingerprint density at radius 1 is 0.972 bits per heavy atom. The number of aliphatic hydroxyl groups excluding tert-OH is 1. The SMILES string of the molecule is CCOc1cccc(CN2C(=O)C(=O)/C(=C(\O)c3ccc(OC)cc3)C2c2ccc(N(C)C)cc2)c1. The highest BCUT2D eigenvalue weighted by Crippen LogP contribution is 2.41. The molecule has 7 nitrogen and oxygen atoms in total. The Morgan fingerprint density at radius 2 is 1.67 bits per heavy atom. The molecule has 1 atom stereocenters. The minimum Gasteiger partial charge on any atom is -0.507 e. The molecule has 36 heavy (non-hydrogen) atoms. The van der Waals surface area contributed by atoms with E-state index in [1.54, 1.807) is 31.4 Å². The number of nitrogens with zero attached hydrogens (tertiary/aromatic N) is 2. The summed E-state index contributed by atoms with van der Waals surface area (Å²) < 4.78 is 10.8. The molecule has 1 N–H and O–H groups in total. The molecule has 1 unspecified atom stereocenters. The number of methoxy groups -OCH3 is 1. The number of carbonyl (C=O) groups excluding carboxylic acids is 2. The minimum atomic E-state index is -0.751. The van der Waals surface area contributed by atoms with Gasteiger partial charge < -0.3 is 24.4 Å². The van der Waals surface area contributed by atoms with Crippen molar-refractivity contribution in [1.29, 1.82) is 0 Å². The Balaban J connectivity index is 1.81. The second-order valence-corrected chi connectivity index (χ2v) is 8.72. The van der Waals surface area contributed by atoms with Crippen LogP contribution in [0.5, 0.6) is 11.5 Å². The number of ether oxygens (including phenoxy) is 2. The van der Waals surface area contributed by atoms with Gasteiger partial charge in [-0.15, -0.1) is 0 Å². The maximum Gasteiger partial charge on any atom is 0.295 e. The molecule has 4 rings (SSSR count). The Bertz CT molecular complexity index is 1280. The molecule has 1 heterocycles. The number of rotatable bonds is 8. The van der Waals surface area contributed by atoms with E-state index in [1.807, 2.05) is 74.4 Å². The van der Waals surface area contributed by atoms with E-state index in [4.69, 9.17) is 9.47 Å². The first-order valence-electron chi connectivity index (χ1n) is 11.8. The van der Waals surface area contributed by atoms with Gasteiger partial charge in [0.05, 0.1) is 25.3 Å². The first kappa shape index (κ1) is 24.9. The summed E-state index contributed by atoms with van der Waals surface area (Å²) in [5.74, 6) is -0.281. The average molecular weight is 487 g/mol. The van der Waals surface area contributed by atoms with E-state index in [0.29, 0.717) is 23.7 Å². The molecule has 0 bridgehead atoms. The molecule has 0 spiro atoms. The molecule has 1 saturated heterocycles. The molecule has 0 saturated carbocycles. The Labute approximate surface area is 211 Å². The van der Waals surface area contributed by atoms with Gasteiger partial charge in [0, 0.05) is 31.9 Å². The van der Waals surface area contributed by atoms with Crippen molar-refractivity contribution >= 4 is 23.1 Å². The zero-order valence-electron chi connectivity index (χ0n) is 20.9. The van der Waals surface area contributed by atoms with Crippen molar-refractivity contribution in [1.82, 2.24) is 4.90 Å². The van der Waals surface area contributed by atoms with Gasteiger partial charge >= 0.3 is 0 Å². The number of hydrogen-bond acceptors (Lipinski definition) is 6. The molecule has 0 aromatic heterocycles. The van der Waals surface area contributed by atoms with Crippen LogP contribution in [-0.2, 0) is 16.1 Å². The zero-order chi connectivity index (χ0) is 25.8. The van der Waals surface area contributed by atoms with Gasteiger partial charge in [-0.05, 0) is 66.6 Å². The summed E-state index contributed by atoms with van der Waals surface area (Å²) in [5, 5.41) is 11.3. The lowest BCUT2D eigenvalue weighted by Gasteiger charge is -2.26. The zero-order valence-corrected chi connectivity index (χ0v) is 20.9. The molecule has 7 heteroatoms. The Hall–Kier alpha value is -4.26. The van der Waals surface area contributed by atoms with E-state index in [1.165, 1.54) is 4.90 Å². The van der Waals surface area contributed by atoms with E-state index in [0.717, 1.165) is 16.8 Å². The van der Waals surface area contributed by atoms with Crippen LogP contribution in [0.15, 0.2) is 78.4 Å². The third-order valence-electron chi connectivity index (χ3n) is 6.19. The predicted molar refractivity (Wildman–Crippen MR) is 139 cm³/mol.